The third-order valence-corrected chi connectivity index (χ3v) is 5.77. The monoisotopic (exact) mass is 484 g/mol. The summed E-state index contributed by atoms with van der Waals surface area (Å²) in [6, 6.07) is 14.9. The van der Waals surface area contributed by atoms with Crippen molar-refractivity contribution in [2.45, 2.75) is 38.5 Å². The molecule has 186 valence electrons. The van der Waals surface area contributed by atoms with E-state index in [1.807, 2.05) is 48.5 Å². The maximum atomic E-state index is 12.6. The van der Waals surface area contributed by atoms with Crippen LogP contribution in [0.1, 0.15) is 37.8 Å². The summed E-state index contributed by atoms with van der Waals surface area (Å²) in [4.78, 5) is 46.4. The second-order valence-corrected chi connectivity index (χ2v) is 8.57. The van der Waals surface area contributed by atoms with Crippen molar-refractivity contribution in [3.05, 3.63) is 59.7 Å². The number of carboxylic acids is 2. The van der Waals surface area contributed by atoms with Gasteiger partial charge in [0.15, 0.2) is 6.04 Å². The number of carbonyl (C=O) groups excluding carboxylic acids is 2. The molecule has 10 heteroatoms. The number of carbonyl (C=O) groups is 4. The number of fused-ring (bicyclic) bond motifs is 3. The van der Waals surface area contributed by atoms with E-state index in [9.17, 15) is 19.5 Å². The molecule has 2 aromatic rings. The van der Waals surface area contributed by atoms with Gasteiger partial charge in [-0.15, -0.1) is 0 Å². The number of carboxylic acid groups (broad SMARTS) is 2. The van der Waals surface area contributed by atoms with Gasteiger partial charge in [0, 0.05) is 12.8 Å². The molecule has 10 nitrogen and oxygen atoms in total. The summed E-state index contributed by atoms with van der Waals surface area (Å²) in [7, 11) is 0. The van der Waals surface area contributed by atoms with E-state index in [4.69, 9.17) is 19.4 Å². The molecule has 0 aromatic heterocycles. The molecule has 2 amide bonds. The Labute approximate surface area is 202 Å². The molecule has 3 N–H and O–H groups in total. The molecule has 1 saturated heterocycles. The number of nitrogens with zero attached hydrogens (tertiary/aromatic N) is 1. The highest BCUT2D eigenvalue weighted by Gasteiger charge is 2.47. The molecule has 0 radical (unpaired) electrons. The first kappa shape index (κ1) is 25.7. The summed E-state index contributed by atoms with van der Waals surface area (Å²) in [5, 5.41) is 19.2. The predicted molar refractivity (Wildman–Crippen MR) is 125 cm³/mol. The fourth-order valence-corrected chi connectivity index (χ4v) is 4.34. The Morgan fingerprint density at radius 2 is 1.54 bits per heavy atom. The first-order valence-corrected chi connectivity index (χ1v) is 11.0. The Hall–Kier alpha value is -3.92. The van der Waals surface area contributed by atoms with Gasteiger partial charge >= 0.3 is 12.1 Å². The van der Waals surface area contributed by atoms with Gasteiger partial charge in [0.25, 0.3) is 5.97 Å². The van der Waals surface area contributed by atoms with Crippen LogP contribution in [0.4, 0.5) is 4.79 Å². The van der Waals surface area contributed by atoms with Crippen LogP contribution in [-0.2, 0) is 23.9 Å². The molecule has 2 aromatic carbocycles. The van der Waals surface area contributed by atoms with Crippen molar-refractivity contribution in [1.82, 2.24) is 10.2 Å². The maximum absolute atomic E-state index is 12.6. The van der Waals surface area contributed by atoms with Crippen molar-refractivity contribution in [2.24, 2.45) is 0 Å². The number of hydrogen-bond donors (Lipinski definition) is 3. The minimum Gasteiger partial charge on any atom is -0.481 e. The van der Waals surface area contributed by atoms with Crippen LogP contribution < -0.4 is 5.32 Å². The Balaban J connectivity index is 0.000000795. The molecule has 0 saturated carbocycles. The fourth-order valence-electron chi connectivity index (χ4n) is 4.34. The van der Waals surface area contributed by atoms with Crippen LogP contribution >= 0.6 is 0 Å². The Morgan fingerprint density at radius 3 is 2.06 bits per heavy atom. The number of ether oxygens (including phenoxy) is 2. The average Bonchev–Trinajstić information content (AvgIpc) is 3.29. The summed E-state index contributed by atoms with van der Waals surface area (Å²) >= 11 is 0. The summed E-state index contributed by atoms with van der Waals surface area (Å²) in [5.74, 6) is -2.63. The van der Waals surface area contributed by atoms with E-state index in [-0.39, 0.29) is 25.7 Å². The minimum absolute atomic E-state index is 0.0869. The molecule has 0 bridgehead atoms. The third kappa shape index (κ3) is 5.78. The van der Waals surface area contributed by atoms with Crippen molar-refractivity contribution in [2.75, 3.05) is 19.8 Å². The van der Waals surface area contributed by atoms with Crippen LogP contribution in [0.25, 0.3) is 11.1 Å². The molecule has 0 spiro atoms. The molecular formula is C25H28N2O8. The van der Waals surface area contributed by atoms with Gasteiger partial charge < -0.3 is 25.0 Å². The lowest BCUT2D eigenvalue weighted by molar-refractivity contribution is -0.154. The van der Waals surface area contributed by atoms with Crippen LogP contribution in [-0.4, -0.2) is 70.6 Å². The Kier molecular flexibility index (Phi) is 7.75. The summed E-state index contributed by atoms with van der Waals surface area (Å²) in [5.41, 5.74) is 3.36. The van der Waals surface area contributed by atoms with Crippen LogP contribution in [0.15, 0.2) is 48.5 Å². The number of aliphatic carboxylic acids is 2. The Bertz CT molecular complexity index is 1080. The van der Waals surface area contributed by atoms with Gasteiger partial charge in [0.1, 0.15) is 18.9 Å². The standard InChI is InChI=1S/C23H24N2O6.C2H4O2/c1-23(2)25(19(13-31-23)21(27)28)20(26)11-24-22(29)30-12-18-16-9-5-3-7-14(16)15-8-4-6-10-17(15)18;1-2(3)4/h3-10,18-19H,11-13H2,1-2H3,(H,24,29)(H,27,28);1H3,(H,3,4). The van der Waals surface area contributed by atoms with Crippen molar-refractivity contribution in [3.8, 4) is 11.1 Å². The summed E-state index contributed by atoms with van der Waals surface area (Å²) < 4.78 is 10.8. The van der Waals surface area contributed by atoms with Crippen LogP contribution in [0.2, 0.25) is 0 Å². The zero-order valence-electron chi connectivity index (χ0n) is 19.7. The largest absolute Gasteiger partial charge is 0.481 e. The number of benzene rings is 2. The van der Waals surface area contributed by atoms with E-state index < -0.39 is 35.7 Å². The van der Waals surface area contributed by atoms with Gasteiger partial charge in [0.05, 0.1) is 6.61 Å². The molecular weight excluding hydrogens is 456 g/mol. The van der Waals surface area contributed by atoms with Gasteiger partial charge in [-0.05, 0) is 36.1 Å². The topological polar surface area (TPSA) is 142 Å². The van der Waals surface area contributed by atoms with Crippen LogP contribution in [0, 0.1) is 0 Å². The van der Waals surface area contributed by atoms with Gasteiger partial charge in [-0.25, -0.2) is 9.59 Å². The Morgan fingerprint density at radius 1 is 1.03 bits per heavy atom. The molecule has 4 rings (SSSR count). The number of amides is 2. The molecule has 35 heavy (non-hydrogen) atoms. The molecule has 1 aliphatic heterocycles. The minimum atomic E-state index is -1.15. The van der Waals surface area contributed by atoms with Crippen LogP contribution in [0.5, 0.6) is 0 Å². The second kappa shape index (κ2) is 10.6. The quantitative estimate of drug-likeness (QED) is 0.588. The van der Waals surface area contributed by atoms with Crippen molar-refractivity contribution in [1.29, 1.82) is 0 Å². The van der Waals surface area contributed by atoms with E-state index >= 15 is 0 Å². The van der Waals surface area contributed by atoms with E-state index in [2.05, 4.69) is 5.32 Å². The molecule has 1 fully saturated rings. The second-order valence-electron chi connectivity index (χ2n) is 8.57. The lowest BCUT2D eigenvalue weighted by atomic mass is 9.98. The highest BCUT2D eigenvalue weighted by Crippen LogP contribution is 2.44. The number of hydrogen-bond acceptors (Lipinski definition) is 6. The zero-order valence-corrected chi connectivity index (χ0v) is 19.7. The van der Waals surface area contributed by atoms with E-state index in [1.165, 1.54) is 0 Å². The molecule has 1 heterocycles. The predicted octanol–water partition coefficient (Wildman–Crippen LogP) is 2.66. The lowest BCUT2D eigenvalue weighted by Gasteiger charge is -2.32. The lowest BCUT2D eigenvalue weighted by Crippen LogP contribution is -2.53. The molecule has 1 aliphatic carbocycles. The molecule has 1 atom stereocenters. The maximum Gasteiger partial charge on any atom is 0.407 e. The van der Waals surface area contributed by atoms with Crippen LogP contribution in [0.3, 0.4) is 0 Å². The van der Waals surface area contributed by atoms with Gasteiger partial charge in [0.2, 0.25) is 5.91 Å². The zero-order chi connectivity index (χ0) is 25.8. The average molecular weight is 485 g/mol. The van der Waals surface area contributed by atoms with Gasteiger partial charge in [-0.2, -0.15) is 0 Å². The first-order chi connectivity index (χ1) is 16.5. The normalized spacial score (nSPS) is 17.5. The molecule has 2 aliphatic rings. The number of alkyl carbamates (subject to hydrolysis) is 1. The van der Waals surface area contributed by atoms with E-state index in [0.717, 1.165) is 34.1 Å². The van der Waals surface area contributed by atoms with Crippen molar-refractivity contribution >= 4 is 23.9 Å². The number of rotatable bonds is 5. The van der Waals surface area contributed by atoms with E-state index in [0.29, 0.717) is 0 Å². The van der Waals surface area contributed by atoms with Gasteiger partial charge in [-0.1, -0.05) is 48.5 Å². The molecule has 1 unspecified atom stereocenters. The third-order valence-electron chi connectivity index (χ3n) is 5.77. The van der Waals surface area contributed by atoms with E-state index in [1.54, 1.807) is 13.8 Å². The first-order valence-electron chi connectivity index (χ1n) is 11.0. The summed E-state index contributed by atoms with van der Waals surface area (Å²) in [6.07, 6.45) is -0.736. The summed E-state index contributed by atoms with van der Waals surface area (Å²) in [6.45, 7) is 3.96. The fraction of sp³-hybridized carbons (Fsp3) is 0.360. The smallest absolute Gasteiger partial charge is 0.407 e. The highest BCUT2D eigenvalue weighted by atomic mass is 16.5. The highest BCUT2D eigenvalue weighted by molar-refractivity contribution is 5.88. The number of nitrogens with one attached hydrogen (secondary N) is 1. The van der Waals surface area contributed by atoms with Crippen molar-refractivity contribution < 1.29 is 38.9 Å². The van der Waals surface area contributed by atoms with Crippen molar-refractivity contribution in [3.63, 3.8) is 0 Å². The SMILES string of the molecule is CC(=O)O.CC1(C)OCC(C(=O)O)N1C(=O)CNC(=O)OCC1c2ccccc2-c2ccccc21. The van der Waals surface area contributed by atoms with Gasteiger partial charge in [-0.3, -0.25) is 14.5 Å².